The van der Waals surface area contributed by atoms with Crippen LogP contribution in [0.1, 0.15) is 5.56 Å². The van der Waals surface area contributed by atoms with Crippen LogP contribution in [0.15, 0.2) is 41.3 Å². The molecule has 1 aliphatic heterocycles. The number of piperazine rings is 1. The van der Waals surface area contributed by atoms with Crippen molar-refractivity contribution >= 4 is 44.6 Å². The Bertz CT molecular complexity index is 911. The van der Waals surface area contributed by atoms with Gasteiger partial charge in [0.05, 0.1) is 16.4 Å². The summed E-state index contributed by atoms with van der Waals surface area (Å²) in [7, 11) is -1.76. The Labute approximate surface area is 164 Å². The predicted molar refractivity (Wildman–Crippen MR) is 108 cm³/mol. The Kier molecular flexibility index (Phi) is 5.67. The number of aryl methyl sites for hydroxylation is 1. The van der Waals surface area contributed by atoms with Crippen molar-refractivity contribution in [3.05, 3.63) is 52.0 Å². The summed E-state index contributed by atoms with van der Waals surface area (Å²) >= 11 is 12.3. The number of benzene rings is 2. The van der Waals surface area contributed by atoms with E-state index in [9.17, 15) is 8.42 Å². The molecule has 0 saturated carbocycles. The first kappa shape index (κ1) is 19.3. The minimum Gasteiger partial charge on any atom is -0.367 e. The van der Waals surface area contributed by atoms with E-state index in [1.165, 1.54) is 6.07 Å². The van der Waals surface area contributed by atoms with Gasteiger partial charge in [-0.2, -0.15) is 0 Å². The molecule has 1 saturated heterocycles. The highest BCUT2D eigenvalue weighted by Gasteiger charge is 2.23. The molecular weight excluding hydrogens is 393 g/mol. The van der Waals surface area contributed by atoms with E-state index in [0.717, 1.165) is 37.4 Å². The van der Waals surface area contributed by atoms with Gasteiger partial charge in [0.15, 0.2) is 0 Å². The predicted octanol–water partition coefficient (Wildman–Crippen LogP) is 3.85. The van der Waals surface area contributed by atoms with Gasteiger partial charge in [-0.15, -0.1) is 0 Å². The van der Waals surface area contributed by atoms with Crippen molar-refractivity contribution in [2.45, 2.75) is 11.8 Å². The summed E-state index contributed by atoms with van der Waals surface area (Å²) in [6.07, 6.45) is 0. The Morgan fingerprint density at radius 1 is 1.00 bits per heavy atom. The van der Waals surface area contributed by atoms with Gasteiger partial charge in [-0.1, -0.05) is 29.3 Å². The highest BCUT2D eigenvalue weighted by atomic mass is 35.5. The van der Waals surface area contributed by atoms with Crippen LogP contribution in [0, 0.1) is 6.92 Å². The molecule has 2 aromatic rings. The van der Waals surface area contributed by atoms with Crippen molar-refractivity contribution < 1.29 is 8.42 Å². The maximum absolute atomic E-state index is 12.9. The second-order valence-electron chi connectivity index (χ2n) is 6.49. The molecule has 2 aromatic carbocycles. The Balaban J connectivity index is 1.95. The summed E-state index contributed by atoms with van der Waals surface area (Å²) < 4.78 is 28.4. The SMILES string of the molecule is Cc1ccc(S(=O)(=O)Nc2cc(Cl)ccc2N2CCN(C)CC2)c(Cl)c1. The van der Waals surface area contributed by atoms with E-state index in [-0.39, 0.29) is 9.92 Å². The minimum atomic E-state index is -3.83. The molecule has 0 atom stereocenters. The fraction of sp³-hybridized carbons (Fsp3) is 0.333. The van der Waals surface area contributed by atoms with Gasteiger partial charge in [-0.3, -0.25) is 4.72 Å². The monoisotopic (exact) mass is 413 g/mol. The van der Waals surface area contributed by atoms with Gasteiger partial charge in [0.25, 0.3) is 10.0 Å². The van der Waals surface area contributed by atoms with Crippen LogP contribution in [-0.2, 0) is 10.0 Å². The number of rotatable bonds is 4. The average Bonchev–Trinajstić information content (AvgIpc) is 2.55. The molecule has 0 unspecified atom stereocenters. The molecule has 1 N–H and O–H groups in total. The topological polar surface area (TPSA) is 52.7 Å². The van der Waals surface area contributed by atoms with E-state index in [1.807, 2.05) is 13.0 Å². The number of likely N-dealkylation sites (N-methyl/N-ethyl adjacent to an activating group) is 1. The lowest BCUT2D eigenvalue weighted by Crippen LogP contribution is -2.44. The molecular formula is C18H21Cl2N3O2S. The van der Waals surface area contributed by atoms with Crippen LogP contribution in [-0.4, -0.2) is 46.5 Å². The largest absolute Gasteiger partial charge is 0.367 e. The lowest BCUT2D eigenvalue weighted by atomic mass is 10.2. The zero-order valence-corrected chi connectivity index (χ0v) is 17.0. The molecule has 1 aliphatic rings. The number of hydrogen-bond acceptors (Lipinski definition) is 4. The molecule has 1 heterocycles. The highest BCUT2D eigenvalue weighted by molar-refractivity contribution is 7.92. The number of anilines is 2. The number of hydrogen-bond donors (Lipinski definition) is 1. The second-order valence-corrected chi connectivity index (χ2v) is 8.99. The van der Waals surface area contributed by atoms with Gasteiger partial charge in [0.1, 0.15) is 4.90 Å². The first-order valence-corrected chi connectivity index (χ1v) is 10.5. The van der Waals surface area contributed by atoms with Crippen LogP contribution in [0.5, 0.6) is 0 Å². The van der Waals surface area contributed by atoms with Crippen molar-refractivity contribution in [2.75, 3.05) is 42.8 Å². The van der Waals surface area contributed by atoms with Crippen LogP contribution < -0.4 is 9.62 Å². The molecule has 0 bridgehead atoms. The van der Waals surface area contributed by atoms with Crippen LogP contribution >= 0.6 is 23.2 Å². The van der Waals surface area contributed by atoms with Crippen molar-refractivity contribution in [2.24, 2.45) is 0 Å². The van der Waals surface area contributed by atoms with Gasteiger partial charge >= 0.3 is 0 Å². The summed E-state index contributed by atoms with van der Waals surface area (Å²) in [6.45, 7) is 5.33. The van der Waals surface area contributed by atoms with Crippen LogP contribution in [0.2, 0.25) is 10.0 Å². The molecule has 5 nitrogen and oxygen atoms in total. The summed E-state index contributed by atoms with van der Waals surface area (Å²) in [5, 5.41) is 0.663. The van der Waals surface area contributed by atoms with E-state index in [1.54, 1.807) is 24.3 Å². The summed E-state index contributed by atoms with van der Waals surface area (Å²) in [4.78, 5) is 4.45. The molecule has 140 valence electrons. The van der Waals surface area contributed by atoms with Gasteiger partial charge < -0.3 is 9.80 Å². The van der Waals surface area contributed by atoms with Gasteiger partial charge in [0.2, 0.25) is 0 Å². The van der Waals surface area contributed by atoms with Crippen LogP contribution in [0.3, 0.4) is 0 Å². The third-order valence-electron chi connectivity index (χ3n) is 4.42. The van der Waals surface area contributed by atoms with Crippen molar-refractivity contribution in [3.8, 4) is 0 Å². The third-order valence-corrected chi connectivity index (χ3v) is 6.51. The molecule has 3 rings (SSSR count). The standard InChI is InChI=1S/C18H21Cl2N3O2S/c1-13-3-6-18(15(20)11-13)26(24,25)21-16-12-14(19)4-5-17(16)23-9-7-22(2)8-10-23/h3-6,11-12,21H,7-10H2,1-2H3. The smallest absolute Gasteiger partial charge is 0.263 e. The van der Waals surface area contributed by atoms with E-state index < -0.39 is 10.0 Å². The minimum absolute atomic E-state index is 0.0501. The van der Waals surface area contributed by atoms with Gasteiger partial charge in [-0.05, 0) is 49.9 Å². The molecule has 8 heteroatoms. The number of nitrogens with zero attached hydrogens (tertiary/aromatic N) is 2. The molecule has 0 aliphatic carbocycles. The Morgan fingerprint density at radius 2 is 1.69 bits per heavy atom. The first-order valence-electron chi connectivity index (χ1n) is 8.28. The molecule has 26 heavy (non-hydrogen) atoms. The lowest BCUT2D eigenvalue weighted by molar-refractivity contribution is 0.313. The first-order chi connectivity index (χ1) is 12.3. The summed E-state index contributed by atoms with van der Waals surface area (Å²) in [5.74, 6) is 0. The maximum Gasteiger partial charge on any atom is 0.263 e. The van der Waals surface area contributed by atoms with Gasteiger partial charge in [-0.25, -0.2) is 8.42 Å². The molecule has 0 amide bonds. The lowest BCUT2D eigenvalue weighted by Gasteiger charge is -2.35. The third kappa shape index (κ3) is 4.26. The maximum atomic E-state index is 12.9. The summed E-state index contributed by atoms with van der Waals surface area (Å²) in [5.41, 5.74) is 2.17. The highest BCUT2D eigenvalue weighted by Crippen LogP contribution is 2.33. The molecule has 0 aromatic heterocycles. The Morgan fingerprint density at radius 3 is 2.35 bits per heavy atom. The molecule has 0 radical (unpaired) electrons. The van der Waals surface area contributed by atoms with Crippen LogP contribution in [0.4, 0.5) is 11.4 Å². The zero-order chi connectivity index (χ0) is 18.9. The summed E-state index contributed by atoms with van der Waals surface area (Å²) in [6, 6.07) is 10.1. The molecule has 1 fully saturated rings. The van der Waals surface area contributed by atoms with E-state index in [4.69, 9.17) is 23.2 Å². The van der Waals surface area contributed by atoms with Gasteiger partial charge in [0, 0.05) is 31.2 Å². The van der Waals surface area contributed by atoms with E-state index in [0.29, 0.717) is 10.7 Å². The number of nitrogens with one attached hydrogen (secondary N) is 1. The number of halogens is 2. The number of sulfonamides is 1. The quantitative estimate of drug-likeness (QED) is 0.826. The Hall–Kier alpha value is -1.47. The fourth-order valence-electron chi connectivity index (χ4n) is 2.94. The normalized spacial score (nSPS) is 15.9. The zero-order valence-electron chi connectivity index (χ0n) is 14.7. The second kappa shape index (κ2) is 7.64. The van der Waals surface area contributed by atoms with Crippen LogP contribution in [0.25, 0.3) is 0 Å². The fourth-order valence-corrected chi connectivity index (χ4v) is 4.77. The average molecular weight is 414 g/mol. The van der Waals surface area contributed by atoms with E-state index in [2.05, 4.69) is 21.6 Å². The van der Waals surface area contributed by atoms with E-state index >= 15 is 0 Å². The van der Waals surface area contributed by atoms with Crippen molar-refractivity contribution in [1.29, 1.82) is 0 Å². The van der Waals surface area contributed by atoms with Crippen molar-refractivity contribution in [3.63, 3.8) is 0 Å². The van der Waals surface area contributed by atoms with Crippen molar-refractivity contribution in [1.82, 2.24) is 4.90 Å². The molecule has 0 spiro atoms.